The number of aryl methyl sites for hydroxylation is 2. The molecule has 6 heteroatoms. The van der Waals surface area contributed by atoms with Crippen molar-refractivity contribution in [2.24, 2.45) is 22.7 Å². The number of aromatic nitrogens is 4. The molecule has 2 saturated carbocycles. The minimum atomic E-state index is -0.380. The average molecular weight is 438 g/mol. The Balaban J connectivity index is 1.45. The van der Waals surface area contributed by atoms with E-state index in [4.69, 9.17) is 0 Å². The van der Waals surface area contributed by atoms with Crippen molar-refractivity contribution in [3.05, 3.63) is 24.3 Å². The first-order valence-corrected chi connectivity index (χ1v) is 12.5. The number of imidazole rings is 1. The average Bonchev–Trinajstić information content (AvgIpc) is 3.04. The molecule has 0 bridgehead atoms. The predicted octanol–water partition coefficient (Wildman–Crippen LogP) is 6.07. The predicted molar refractivity (Wildman–Crippen MR) is 128 cm³/mol. The van der Waals surface area contributed by atoms with Crippen molar-refractivity contribution in [3.63, 3.8) is 0 Å². The summed E-state index contributed by atoms with van der Waals surface area (Å²) < 4.78 is 2.17. The molecular formula is C26H39N5O. The van der Waals surface area contributed by atoms with Gasteiger partial charge in [-0.15, -0.1) is 0 Å². The lowest BCUT2D eigenvalue weighted by molar-refractivity contribution is -0.0605. The van der Waals surface area contributed by atoms with Gasteiger partial charge in [-0.1, -0.05) is 32.9 Å². The van der Waals surface area contributed by atoms with Gasteiger partial charge in [-0.2, -0.15) is 0 Å². The van der Waals surface area contributed by atoms with Crippen LogP contribution in [-0.2, 0) is 6.54 Å². The maximum atomic E-state index is 11.5. The van der Waals surface area contributed by atoms with Crippen molar-refractivity contribution < 1.29 is 5.21 Å². The molecule has 1 aliphatic heterocycles. The number of anilines is 1. The molecule has 5 rings (SSSR count). The second-order valence-corrected chi connectivity index (χ2v) is 11.7. The van der Waals surface area contributed by atoms with E-state index in [-0.39, 0.29) is 16.4 Å². The minimum absolute atomic E-state index is 0.250. The quantitative estimate of drug-likeness (QED) is 0.590. The standard InChI is InChI=1S/C26H39N5O/c1-17-8-7-9-20-25(17,5)11-10-18(2)26(20,6)13-12-24(4)14-15-30-19(3)29-22-21(30)23(31(24)32)28-16-27-22/h16,18,20,32H,1,7-15H2,2-6H3. The summed E-state index contributed by atoms with van der Waals surface area (Å²) in [5, 5.41) is 12.9. The summed E-state index contributed by atoms with van der Waals surface area (Å²) in [6.45, 7) is 17.0. The van der Waals surface area contributed by atoms with Crippen LogP contribution in [0.4, 0.5) is 5.82 Å². The number of nitrogens with zero attached hydrogens (tertiary/aromatic N) is 5. The fraction of sp³-hybridized carbons (Fsp3) is 0.731. The molecule has 0 radical (unpaired) electrons. The number of hydrogen-bond donors (Lipinski definition) is 1. The van der Waals surface area contributed by atoms with E-state index < -0.39 is 0 Å². The third-order valence-electron chi connectivity index (χ3n) is 10.1. The Kier molecular flexibility index (Phi) is 4.97. The van der Waals surface area contributed by atoms with E-state index in [1.54, 1.807) is 0 Å². The van der Waals surface area contributed by atoms with E-state index in [1.807, 2.05) is 6.92 Å². The molecule has 2 fully saturated rings. The molecule has 1 N–H and O–H groups in total. The molecule has 174 valence electrons. The van der Waals surface area contributed by atoms with Gasteiger partial charge in [-0.25, -0.2) is 20.0 Å². The molecule has 0 spiro atoms. The monoisotopic (exact) mass is 437 g/mol. The van der Waals surface area contributed by atoms with Crippen LogP contribution in [0.3, 0.4) is 0 Å². The van der Waals surface area contributed by atoms with Gasteiger partial charge in [0.2, 0.25) is 0 Å². The van der Waals surface area contributed by atoms with Crippen LogP contribution in [0.15, 0.2) is 18.5 Å². The van der Waals surface area contributed by atoms with Gasteiger partial charge in [0.1, 0.15) is 17.7 Å². The Morgan fingerprint density at radius 3 is 2.72 bits per heavy atom. The topological polar surface area (TPSA) is 67.1 Å². The molecule has 2 aromatic rings. The van der Waals surface area contributed by atoms with Crippen LogP contribution >= 0.6 is 0 Å². The fourth-order valence-corrected chi connectivity index (χ4v) is 7.36. The zero-order valence-corrected chi connectivity index (χ0v) is 20.5. The molecule has 3 heterocycles. The summed E-state index contributed by atoms with van der Waals surface area (Å²) in [5.74, 6) is 2.88. The summed E-state index contributed by atoms with van der Waals surface area (Å²) >= 11 is 0. The maximum absolute atomic E-state index is 11.5. The van der Waals surface area contributed by atoms with Gasteiger partial charge in [-0.3, -0.25) is 5.21 Å². The minimum Gasteiger partial charge on any atom is -0.324 e. The largest absolute Gasteiger partial charge is 0.324 e. The summed E-state index contributed by atoms with van der Waals surface area (Å²) in [4.78, 5) is 13.4. The Morgan fingerprint density at radius 2 is 1.94 bits per heavy atom. The lowest BCUT2D eigenvalue weighted by atomic mass is 9.46. The summed E-state index contributed by atoms with van der Waals surface area (Å²) in [5.41, 5.74) is 3.13. The van der Waals surface area contributed by atoms with Gasteiger partial charge in [-0.05, 0) is 87.9 Å². The highest BCUT2D eigenvalue weighted by molar-refractivity contribution is 5.84. The van der Waals surface area contributed by atoms with Crippen LogP contribution in [-0.4, -0.2) is 30.3 Å². The van der Waals surface area contributed by atoms with Crippen LogP contribution in [0.1, 0.15) is 84.9 Å². The number of rotatable bonds is 3. The molecule has 0 saturated heterocycles. The summed E-state index contributed by atoms with van der Waals surface area (Å²) in [7, 11) is 0. The first-order valence-electron chi connectivity index (χ1n) is 12.5. The van der Waals surface area contributed by atoms with Crippen molar-refractivity contribution in [1.29, 1.82) is 0 Å². The van der Waals surface area contributed by atoms with E-state index in [2.05, 4.69) is 53.8 Å². The second kappa shape index (κ2) is 7.28. The third-order valence-corrected chi connectivity index (χ3v) is 10.1. The van der Waals surface area contributed by atoms with Gasteiger partial charge in [0.15, 0.2) is 11.5 Å². The van der Waals surface area contributed by atoms with Crippen LogP contribution in [0.25, 0.3) is 11.2 Å². The Morgan fingerprint density at radius 1 is 1.16 bits per heavy atom. The molecule has 0 amide bonds. The van der Waals surface area contributed by atoms with Gasteiger partial charge in [0.05, 0.1) is 5.54 Å². The number of allylic oxidation sites excluding steroid dienone is 1. The third kappa shape index (κ3) is 2.98. The highest BCUT2D eigenvalue weighted by Gasteiger charge is 2.54. The normalized spacial score (nSPS) is 37.4. The van der Waals surface area contributed by atoms with Crippen LogP contribution in [0.2, 0.25) is 0 Å². The molecule has 5 atom stereocenters. The SMILES string of the molecule is C=C1CCCC2C1(C)CCC(C)C2(C)CCC1(C)CCn2c(C)nc3ncnc(c32)N1O. The van der Waals surface area contributed by atoms with E-state index in [9.17, 15) is 5.21 Å². The lowest BCUT2D eigenvalue weighted by Gasteiger charge is -2.59. The molecule has 2 aromatic heterocycles. The smallest absolute Gasteiger partial charge is 0.183 e. The van der Waals surface area contributed by atoms with E-state index >= 15 is 0 Å². The zero-order chi connectivity index (χ0) is 22.9. The second-order valence-electron chi connectivity index (χ2n) is 11.7. The number of hydroxylamine groups is 1. The molecule has 5 unspecified atom stereocenters. The summed E-state index contributed by atoms with van der Waals surface area (Å²) in [6.07, 6.45) is 10.7. The fourth-order valence-electron chi connectivity index (χ4n) is 7.36. The zero-order valence-electron chi connectivity index (χ0n) is 20.5. The van der Waals surface area contributed by atoms with Gasteiger partial charge in [0.25, 0.3) is 0 Å². The molecular weight excluding hydrogens is 398 g/mol. The van der Waals surface area contributed by atoms with Crippen molar-refractivity contribution in [3.8, 4) is 0 Å². The van der Waals surface area contributed by atoms with Crippen LogP contribution < -0.4 is 5.06 Å². The highest BCUT2D eigenvalue weighted by Crippen LogP contribution is 2.63. The Labute approximate surface area is 192 Å². The van der Waals surface area contributed by atoms with Crippen molar-refractivity contribution >= 4 is 17.0 Å². The van der Waals surface area contributed by atoms with Crippen LogP contribution in [0.5, 0.6) is 0 Å². The molecule has 0 aromatic carbocycles. The molecule has 32 heavy (non-hydrogen) atoms. The number of hydrogen-bond acceptors (Lipinski definition) is 5. The summed E-state index contributed by atoms with van der Waals surface area (Å²) in [6, 6.07) is 0. The molecule has 6 nitrogen and oxygen atoms in total. The number of fused-ring (bicyclic) bond motifs is 1. The molecule has 3 aliphatic rings. The Bertz CT molecular complexity index is 1060. The maximum Gasteiger partial charge on any atom is 0.183 e. The highest BCUT2D eigenvalue weighted by atomic mass is 16.5. The van der Waals surface area contributed by atoms with Crippen molar-refractivity contribution in [2.75, 3.05) is 5.06 Å². The first kappa shape index (κ1) is 21.9. The van der Waals surface area contributed by atoms with E-state index in [0.717, 1.165) is 37.1 Å². The van der Waals surface area contributed by atoms with Gasteiger partial charge >= 0.3 is 0 Å². The van der Waals surface area contributed by atoms with E-state index in [0.29, 0.717) is 23.3 Å². The van der Waals surface area contributed by atoms with Crippen molar-refractivity contribution in [2.45, 2.75) is 98.1 Å². The van der Waals surface area contributed by atoms with Gasteiger partial charge < -0.3 is 4.57 Å². The van der Waals surface area contributed by atoms with Crippen LogP contribution in [0, 0.1) is 29.6 Å². The first-order chi connectivity index (χ1) is 15.1. The lowest BCUT2D eigenvalue weighted by Crippen LogP contribution is -2.52. The Hall–Kier alpha value is -1.95. The van der Waals surface area contributed by atoms with Gasteiger partial charge in [0, 0.05) is 6.54 Å². The van der Waals surface area contributed by atoms with E-state index in [1.165, 1.54) is 49.1 Å². The van der Waals surface area contributed by atoms with Crippen molar-refractivity contribution in [1.82, 2.24) is 19.5 Å². The molecule has 2 aliphatic carbocycles.